The van der Waals surface area contributed by atoms with Crippen LogP contribution in [0.4, 0.5) is 5.82 Å². The van der Waals surface area contributed by atoms with Crippen LogP contribution in [0.1, 0.15) is 19.4 Å². The van der Waals surface area contributed by atoms with Crippen LogP contribution in [0.2, 0.25) is 0 Å². The number of hydrogen-bond acceptors (Lipinski definition) is 5. The Morgan fingerprint density at radius 2 is 1.95 bits per heavy atom. The van der Waals surface area contributed by atoms with Crippen molar-refractivity contribution in [2.24, 2.45) is 0 Å². The number of aromatic nitrogens is 2. The molecule has 4 nitrogen and oxygen atoms in total. The molecule has 0 aliphatic heterocycles. The van der Waals surface area contributed by atoms with Gasteiger partial charge in [-0.05, 0) is 49.4 Å². The summed E-state index contributed by atoms with van der Waals surface area (Å²) in [6.45, 7) is 4.91. The maximum absolute atomic E-state index is 5.65. The zero-order chi connectivity index (χ0) is 15.4. The maximum Gasteiger partial charge on any atom is 0.147 e. The van der Waals surface area contributed by atoms with Crippen LogP contribution in [0.25, 0.3) is 10.2 Å². The van der Waals surface area contributed by atoms with Crippen molar-refractivity contribution in [1.82, 2.24) is 9.97 Å². The first-order valence-electron chi connectivity index (χ1n) is 7.40. The van der Waals surface area contributed by atoms with Crippen molar-refractivity contribution in [1.29, 1.82) is 0 Å². The van der Waals surface area contributed by atoms with Crippen LogP contribution < -0.4 is 10.1 Å². The Balaban J connectivity index is 1.58. The van der Waals surface area contributed by atoms with E-state index in [1.54, 1.807) is 17.7 Å². The number of benzene rings is 1. The van der Waals surface area contributed by atoms with Gasteiger partial charge in [-0.2, -0.15) is 0 Å². The van der Waals surface area contributed by atoms with Gasteiger partial charge in [0, 0.05) is 6.54 Å². The lowest BCUT2D eigenvalue weighted by molar-refractivity contribution is 0.242. The van der Waals surface area contributed by atoms with Gasteiger partial charge >= 0.3 is 0 Å². The smallest absolute Gasteiger partial charge is 0.147 e. The summed E-state index contributed by atoms with van der Waals surface area (Å²) in [5.74, 6) is 1.84. The average Bonchev–Trinajstić information content (AvgIpc) is 2.98. The van der Waals surface area contributed by atoms with Gasteiger partial charge < -0.3 is 10.1 Å². The Bertz CT molecular complexity index is 737. The number of anilines is 1. The van der Waals surface area contributed by atoms with E-state index in [0.717, 1.165) is 34.7 Å². The van der Waals surface area contributed by atoms with Crippen LogP contribution in [-0.4, -0.2) is 22.6 Å². The van der Waals surface area contributed by atoms with Crippen molar-refractivity contribution < 1.29 is 4.74 Å². The lowest BCUT2D eigenvalue weighted by atomic mass is 10.1. The SMILES string of the molecule is CC(C)Oc1ccc(CCNc2ncnc3ccsc23)cc1. The molecule has 3 rings (SSSR count). The molecule has 0 spiro atoms. The lowest BCUT2D eigenvalue weighted by Gasteiger charge is -2.10. The van der Waals surface area contributed by atoms with Crippen molar-refractivity contribution in [3.05, 3.63) is 47.6 Å². The Kier molecular flexibility index (Phi) is 4.53. The second-order valence-corrected chi connectivity index (χ2v) is 6.26. The van der Waals surface area contributed by atoms with E-state index >= 15 is 0 Å². The van der Waals surface area contributed by atoms with Crippen molar-refractivity contribution in [2.75, 3.05) is 11.9 Å². The Morgan fingerprint density at radius 1 is 1.14 bits per heavy atom. The Morgan fingerprint density at radius 3 is 2.73 bits per heavy atom. The molecule has 2 heterocycles. The molecule has 114 valence electrons. The third-order valence-corrected chi connectivity index (χ3v) is 4.15. The van der Waals surface area contributed by atoms with Crippen molar-refractivity contribution >= 4 is 27.4 Å². The third-order valence-electron chi connectivity index (χ3n) is 3.24. The van der Waals surface area contributed by atoms with E-state index in [-0.39, 0.29) is 6.10 Å². The highest BCUT2D eigenvalue weighted by Crippen LogP contribution is 2.24. The molecule has 0 amide bonds. The van der Waals surface area contributed by atoms with E-state index in [0.29, 0.717) is 0 Å². The second-order valence-electron chi connectivity index (χ2n) is 5.34. The highest BCUT2D eigenvalue weighted by molar-refractivity contribution is 7.17. The number of hydrogen-bond donors (Lipinski definition) is 1. The van der Waals surface area contributed by atoms with Crippen LogP contribution in [0.15, 0.2) is 42.0 Å². The number of thiophene rings is 1. The molecular weight excluding hydrogens is 294 g/mol. The van der Waals surface area contributed by atoms with Gasteiger partial charge in [-0.1, -0.05) is 12.1 Å². The number of ether oxygens (including phenoxy) is 1. The molecular formula is C17H19N3OS. The molecule has 3 aromatic rings. The van der Waals surface area contributed by atoms with E-state index in [9.17, 15) is 0 Å². The minimum Gasteiger partial charge on any atom is -0.491 e. The summed E-state index contributed by atoms with van der Waals surface area (Å²) in [5.41, 5.74) is 2.28. The molecule has 5 heteroatoms. The highest BCUT2D eigenvalue weighted by atomic mass is 32.1. The predicted octanol–water partition coefficient (Wildman–Crippen LogP) is 4.13. The zero-order valence-corrected chi connectivity index (χ0v) is 13.6. The normalized spacial score (nSPS) is 11.0. The zero-order valence-electron chi connectivity index (χ0n) is 12.7. The fourth-order valence-electron chi connectivity index (χ4n) is 2.25. The number of nitrogens with one attached hydrogen (secondary N) is 1. The molecule has 0 fully saturated rings. The van der Waals surface area contributed by atoms with E-state index in [1.165, 1.54) is 5.56 Å². The second kappa shape index (κ2) is 6.75. The van der Waals surface area contributed by atoms with Gasteiger partial charge in [-0.25, -0.2) is 9.97 Å². The summed E-state index contributed by atoms with van der Waals surface area (Å²) < 4.78 is 6.77. The first-order chi connectivity index (χ1) is 10.7. The van der Waals surface area contributed by atoms with Gasteiger partial charge in [0.05, 0.1) is 16.3 Å². The van der Waals surface area contributed by atoms with Crippen molar-refractivity contribution in [3.8, 4) is 5.75 Å². The van der Waals surface area contributed by atoms with Crippen molar-refractivity contribution in [2.45, 2.75) is 26.4 Å². The van der Waals surface area contributed by atoms with Gasteiger partial charge in [0.1, 0.15) is 17.9 Å². The molecule has 1 aromatic carbocycles. The minimum atomic E-state index is 0.207. The monoisotopic (exact) mass is 313 g/mol. The topological polar surface area (TPSA) is 47.0 Å². The Hall–Kier alpha value is -2.14. The maximum atomic E-state index is 5.65. The number of nitrogens with zero attached hydrogens (tertiary/aromatic N) is 2. The van der Waals surface area contributed by atoms with Gasteiger partial charge in [0.2, 0.25) is 0 Å². The molecule has 0 saturated heterocycles. The third kappa shape index (κ3) is 3.54. The van der Waals surface area contributed by atoms with Gasteiger partial charge in [0.25, 0.3) is 0 Å². The van der Waals surface area contributed by atoms with Crippen LogP contribution in [-0.2, 0) is 6.42 Å². The molecule has 0 bridgehead atoms. The van der Waals surface area contributed by atoms with Crippen LogP contribution in [0, 0.1) is 0 Å². The standard InChI is InChI=1S/C17H19N3OS/c1-12(2)21-14-5-3-13(4-6-14)7-9-18-17-16-15(8-10-22-16)19-11-20-17/h3-6,8,10-12H,7,9H2,1-2H3,(H,18,19,20). The van der Waals surface area contributed by atoms with E-state index in [2.05, 4.69) is 27.4 Å². The van der Waals surface area contributed by atoms with Gasteiger partial charge in [-0.3, -0.25) is 0 Å². The number of rotatable bonds is 6. The summed E-state index contributed by atoms with van der Waals surface area (Å²) in [4.78, 5) is 8.57. The molecule has 22 heavy (non-hydrogen) atoms. The molecule has 2 aromatic heterocycles. The average molecular weight is 313 g/mol. The van der Waals surface area contributed by atoms with Gasteiger partial charge in [0.15, 0.2) is 0 Å². The van der Waals surface area contributed by atoms with E-state index in [4.69, 9.17) is 4.74 Å². The minimum absolute atomic E-state index is 0.207. The first kappa shape index (κ1) is 14.8. The summed E-state index contributed by atoms with van der Waals surface area (Å²) in [5, 5.41) is 5.44. The molecule has 1 N–H and O–H groups in total. The van der Waals surface area contributed by atoms with Crippen LogP contribution in [0.3, 0.4) is 0 Å². The van der Waals surface area contributed by atoms with Crippen LogP contribution in [0.5, 0.6) is 5.75 Å². The highest BCUT2D eigenvalue weighted by Gasteiger charge is 2.04. The first-order valence-corrected chi connectivity index (χ1v) is 8.28. The molecule has 0 saturated carbocycles. The molecule has 0 radical (unpaired) electrons. The van der Waals surface area contributed by atoms with Gasteiger partial charge in [-0.15, -0.1) is 11.3 Å². The molecule has 0 atom stereocenters. The summed E-state index contributed by atoms with van der Waals surface area (Å²) in [6, 6.07) is 10.3. The summed E-state index contributed by atoms with van der Waals surface area (Å²) in [7, 11) is 0. The van der Waals surface area contributed by atoms with E-state index in [1.807, 2.05) is 37.4 Å². The molecule has 0 aliphatic carbocycles. The predicted molar refractivity (Wildman–Crippen MR) is 91.8 cm³/mol. The van der Waals surface area contributed by atoms with Crippen LogP contribution >= 0.6 is 11.3 Å². The Labute approximate surface area is 134 Å². The largest absolute Gasteiger partial charge is 0.491 e. The molecule has 0 unspecified atom stereocenters. The molecule has 0 aliphatic rings. The van der Waals surface area contributed by atoms with Crippen molar-refractivity contribution in [3.63, 3.8) is 0 Å². The fourth-order valence-corrected chi connectivity index (χ4v) is 3.06. The quantitative estimate of drug-likeness (QED) is 0.743. The number of fused-ring (bicyclic) bond motifs is 1. The van der Waals surface area contributed by atoms with E-state index < -0.39 is 0 Å². The fraction of sp³-hybridized carbons (Fsp3) is 0.294. The summed E-state index contributed by atoms with van der Waals surface area (Å²) >= 11 is 1.66. The summed E-state index contributed by atoms with van der Waals surface area (Å²) in [6.07, 6.45) is 2.76. The lowest BCUT2D eigenvalue weighted by Crippen LogP contribution is -2.07.